The van der Waals surface area contributed by atoms with Gasteiger partial charge in [-0.25, -0.2) is 0 Å². The van der Waals surface area contributed by atoms with E-state index >= 15 is 0 Å². The van der Waals surface area contributed by atoms with Crippen molar-refractivity contribution in [2.24, 2.45) is 0 Å². The molecule has 3 atom stereocenters. The van der Waals surface area contributed by atoms with Crippen molar-refractivity contribution >= 4 is 40.2 Å². The largest absolute Gasteiger partial charge is 0.491 e. The van der Waals surface area contributed by atoms with Gasteiger partial charge >= 0.3 is 5.97 Å². The fraction of sp³-hybridized carbons (Fsp3) is 0.552. The summed E-state index contributed by atoms with van der Waals surface area (Å²) in [6.07, 6.45) is 0.296. The van der Waals surface area contributed by atoms with Crippen LogP contribution in [0, 0.1) is 3.57 Å². The molecule has 0 saturated heterocycles. The van der Waals surface area contributed by atoms with E-state index in [1.54, 1.807) is 6.92 Å². The molecule has 0 fully saturated rings. The number of carbonyl (C=O) groups excluding carboxylic acids is 1. The van der Waals surface area contributed by atoms with Crippen LogP contribution >= 0.6 is 34.2 Å². The number of unbranched alkanes of at least 4 members (excludes halogenated alkanes) is 1. The number of alkyl halides is 1. The summed E-state index contributed by atoms with van der Waals surface area (Å²) < 4.78 is 29.1. The lowest BCUT2D eigenvalue weighted by Gasteiger charge is -2.27. The third kappa shape index (κ3) is 10.9. The van der Waals surface area contributed by atoms with Crippen molar-refractivity contribution in [2.45, 2.75) is 71.4 Å². The number of carbonyl (C=O) groups is 1. The highest BCUT2D eigenvalue weighted by Gasteiger charge is 2.24. The Hall–Kier alpha value is -1.59. The van der Waals surface area contributed by atoms with Gasteiger partial charge in [0.15, 0.2) is 6.29 Å². The monoisotopic (exact) mass is 662 g/mol. The second-order valence-electron chi connectivity index (χ2n) is 9.59. The van der Waals surface area contributed by atoms with E-state index in [0.29, 0.717) is 19.0 Å². The number of halogens is 2. The number of aliphatic hydroxyl groups is 1. The van der Waals surface area contributed by atoms with Crippen molar-refractivity contribution < 1.29 is 33.6 Å². The lowest BCUT2D eigenvalue weighted by Crippen LogP contribution is -2.31. The van der Waals surface area contributed by atoms with E-state index in [4.69, 9.17) is 35.3 Å². The van der Waals surface area contributed by atoms with Gasteiger partial charge in [0.25, 0.3) is 0 Å². The molecule has 0 aromatic heterocycles. The molecule has 0 amide bonds. The highest BCUT2D eigenvalue weighted by Crippen LogP contribution is 2.35. The van der Waals surface area contributed by atoms with Crippen LogP contribution in [0.4, 0.5) is 0 Å². The molecule has 2 rings (SSSR count). The summed E-state index contributed by atoms with van der Waals surface area (Å²) in [7, 11) is 0. The van der Waals surface area contributed by atoms with Crippen molar-refractivity contribution in [2.75, 3.05) is 32.3 Å². The lowest BCUT2D eigenvalue weighted by atomic mass is 9.78. The molecule has 0 aliphatic carbocycles. The van der Waals surface area contributed by atoms with Gasteiger partial charge in [0.1, 0.15) is 36.9 Å². The summed E-state index contributed by atoms with van der Waals surface area (Å²) in [4.78, 5) is 11.2. The predicted octanol–water partition coefficient (Wildman–Crippen LogP) is 6.09. The Morgan fingerprint density at radius 2 is 1.68 bits per heavy atom. The average Bonchev–Trinajstić information content (AvgIpc) is 2.87. The molecule has 2 aromatic rings. The maximum absolute atomic E-state index is 11.2. The maximum atomic E-state index is 11.2. The molecule has 0 bridgehead atoms. The number of rotatable bonds is 17. The Morgan fingerprint density at radius 1 is 1.03 bits per heavy atom. The minimum absolute atomic E-state index is 0.169. The van der Waals surface area contributed by atoms with Crippen LogP contribution < -0.4 is 9.47 Å². The first kappa shape index (κ1) is 32.6. The lowest BCUT2D eigenvalue weighted by molar-refractivity contribution is -0.150. The van der Waals surface area contributed by atoms with Gasteiger partial charge in [-0.2, -0.15) is 0 Å². The number of aliphatic hydroxyl groups excluding tert-OH is 1. The summed E-state index contributed by atoms with van der Waals surface area (Å²) in [5.74, 6) is 1.22. The van der Waals surface area contributed by atoms with Crippen LogP contribution in [-0.2, 0) is 24.4 Å². The molecule has 38 heavy (non-hydrogen) atoms. The van der Waals surface area contributed by atoms with Crippen LogP contribution in [0.5, 0.6) is 11.5 Å². The van der Waals surface area contributed by atoms with E-state index in [1.165, 1.54) is 6.92 Å². The van der Waals surface area contributed by atoms with Crippen LogP contribution in [-0.4, -0.2) is 61.9 Å². The third-order valence-corrected chi connectivity index (χ3v) is 7.12. The van der Waals surface area contributed by atoms with Gasteiger partial charge in [0.05, 0.1) is 16.1 Å². The molecule has 1 N–H and O–H groups in total. The molecular weight excluding hydrogens is 623 g/mol. The molecule has 3 unspecified atom stereocenters. The first-order valence-electron chi connectivity index (χ1n) is 12.9. The molecule has 7 nitrogen and oxygen atoms in total. The predicted molar refractivity (Wildman–Crippen MR) is 157 cm³/mol. The van der Waals surface area contributed by atoms with Gasteiger partial charge in [-0.1, -0.05) is 45.4 Å². The maximum Gasteiger partial charge on any atom is 0.303 e. The van der Waals surface area contributed by atoms with E-state index in [-0.39, 0.29) is 36.6 Å². The number of esters is 1. The summed E-state index contributed by atoms with van der Waals surface area (Å²) in [5.41, 5.74) is 2.00. The quantitative estimate of drug-likeness (QED) is 0.0723. The highest BCUT2D eigenvalue weighted by molar-refractivity contribution is 14.1. The van der Waals surface area contributed by atoms with Gasteiger partial charge < -0.3 is 28.8 Å². The van der Waals surface area contributed by atoms with E-state index in [9.17, 15) is 9.90 Å². The molecule has 9 heteroatoms. The summed E-state index contributed by atoms with van der Waals surface area (Å²) in [6.45, 7) is 10.9. The Morgan fingerprint density at radius 3 is 2.26 bits per heavy atom. The second-order valence-corrected chi connectivity index (χ2v) is 11.1. The molecule has 2 aromatic carbocycles. The standard InChI is InChI=1S/C29H40ClIO7/c1-6-7-14-34-17-26(38-21(3)33)19-35-24-11-8-22(9-12-24)29(4,5)23-10-13-28(27(31)15-23)36-18-25(16-30)37-20(2)32/h8-13,15,21,25-26,33H,6-7,14,16-19H2,1-5H3. The summed E-state index contributed by atoms with van der Waals surface area (Å²) in [5, 5.41) is 9.63. The normalized spacial score (nSPS) is 14.0. The molecule has 0 radical (unpaired) electrons. The first-order valence-corrected chi connectivity index (χ1v) is 14.5. The van der Waals surface area contributed by atoms with Crippen LogP contribution in [0.2, 0.25) is 0 Å². The second kappa shape index (κ2) is 16.5. The van der Waals surface area contributed by atoms with Crippen molar-refractivity contribution in [1.82, 2.24) is 0 Å². The highest BCUT2D eigenvalue weighted by atomic mass is 127. The minimum Gasteiger partial charge on any atom is -0.491 e. The Labute approximate surface area is 245 Å². The third-order valence-electron chi connectivity index (χ3n) is 5.93. The number of ether oxygens (including phenoxy) is 5. The van der Waals surface area contributed by atoms with Gasteiger partial charge in [-0.15, -0.1) is 11.6 Å². The van der Waals surface area contributed by atoms with Gasteiger partial charge in [-0.3, -0.25) is 4.79 Å². The van der Waals surface area contributed by atoms with Gasteiger partial charge in [-0.05, 0) is 71.3 Å². The van der Waals surface area contributed by atoms with Gasteiger partial charge in [0, 0.05) is 18.9 Å². The van der Waals surface area contributed by atoms with E-state index < -0.39 is 12.4 Å². The van der Waals surface area contributed by atoms with E-state index in [2.05, 4.69) is 61.6 Å². The molecule has 0 aliphatic rings. The zero-order valence-electron chi connectivity index (χ0n) is 22.9. The van der Waals surface area contributed by atoms with Gasteiger partial charge in [0.2, 0.25) is 0 Å². The van der Waals surface area contributed by atoms with Crippen molar-refractivity contribution in [3.05, 3.63) is 57.2 Å². The van der Waals surface area contributed by atoms with Crippen LogP contribution in [0.25, 0.3) is 0 Å². The number of hydrogen-bond acceptors (Lipinski definition) is 7. The average molecular weight is 663 g/mol. The zero-order chi connectivity index (χ0) is 28.1. The Kier molecular flexibility index (Phi) is 14.2. The number of hydrogen-bond donors (Lipinski definition) is 1. The zero-order valence-corrected chi connectivity index (χ0v) is 25.8. The first-order chi connectivity index (χ1) is 18.1. The number of benzene rings is 2. The Bertz CT molecular complexity index is 981. The SMILES string of the molecule is CCCCOCC(COc1ccc(C(C)(C)c2ccc(OCC(CCl)OC(C)=O)c(I)c2)cc1)OC(C)O. The van der Waals surface area contributed by atoms with Crippen LogP contribution in [0.15, 0.2) is 42.5 Å². The minimum atomic E-state index is -0.892. The van der Waals surface area contributed by atoms with E-state index in [1.807, 2.05) is 24.3 Å². The summed E-state index contributed by atoms with van der Waals surface area (Å²) >= 11 is 8.13. The smallest absolute Gasteiger partial charge is 0.303 e. The van der Waals surface area contributed by atoms with E-state index in [0.717, 1.165) is 33.3 Å². The topological polar surface area (TPSA) is 83.5 Å². The van der Waals surface area contributed by atoms with Crippen molar-refractivity contribution in [3.63, 3.8) is 0 Å². The molecular formula is C29H40ClIO7. The molecule has 212 valence electrons. The van der Waals surface area contributed by atoms with Crippen LogP contribution in [0.1, 0.15) is 58.6 Å². The molecule has 0 heterocycles. The molecule has 0 spiro atoms. The van der Waals surface area contributed by atoms with Crippen molar-refractivity contribution in [1.29, 1.82) is 0 Å². The van der Waals surface area contributed by atoms with Crippen molar-refractivity contribution in [3.8, 4) is 11.5 Å². The Balaban J connectivity index is 2.02. The fourth-order valence-electron chi connectivity index (χ4n) is 3.72. The fourth-order valence-corrected chi connectivity index (χ4v) is 4.55. The molecule has 0 saturated carbocycles. The molecule has 0 aliphatic heterocycles. The van der Waals surface area contributed by atoms with Crippen LogP contribution in [0.3, 0.4) is 0 Å². The summed E-state index contributed by atoms with van der Waals surface area (Å²) in [6, 6.07) is 14.1.